The molecule has 12 heteroatoms. The van der Waals surface area contributed by atoms with Crippen LogP contribution >= 0.6 is 0 Å². The summed E-state index contributed by atoms with van der Waals surface area (Å²) in [7, 11) is -1.52. The van der Waals surface area contributed by atoms with Crippen LogP contribution in [0, 0.1) is 0 Å². The number of carbonyl (C=O) groups is 3. The lowest BCUT2D eigenvalue weighted by Crippen LogP contribution is -3.00. The third kappa shape index (κ3) is 8.32. The summed E-state index contributed by atoms with van der Waals surface area (Å²) in [5, 5.41) is 2.83. The maximum absolute atomic E-state index is 12.3. The minimum Gasteiger partial charge on any atom is -1.00 e. The van der Waals surface area contributed by atoms with E-state index in [-0.39, 0.29) is 46.3 Å². The molecule has 7 nitrogen and oxygen atoms in total. The number of hydrogen-bond acceptors (Lipinski definition) is 4. The van der Waals surface area contributed by atoms with Gasteiger partial charge >= 0.3 is 7.54 Å². The second kappa shape index (κ2) is 16.1. The molecule has 0 atom stereocenters. The number of hydrogen-bond donors (Lipinski definition) is 1. The molecule has 0 saturated heterocycles. The third-order valence-corrected chi connectivity index (χ3v) is 9.09. The lowest BCUT2D eigenvalue weighted by atomic mass is 9.81. The van der Waals surface area contributed by atoms with Crippen LogP contribution in [0.1, 0.15) is 64.5 Å². The number of nitrogens with zero attached hydrogens (tertiary/aromatic N) is 3. The van der Waals surface area contributed by atoms with E-state index in [0.29, 0.717) is 6.42 Å². The Morgan fingerprint density at radius 1 is 0.854 bits per heavy atom. The number of fused-ring (bicyclic) bond motifs is 2. The number of para-hydroxylation sites is 2. The number of rotatable bonds is 11. The molecule has 5 rings (SSSR count). The number of unbranched alkanes of at least 4 members (excludes halogenated alkanes) is 2. The highest BCUT2D eigenvalue weighted by Gasteiger charge is 2.43. The van der Waals surface area contributed by atoms with Crippen molar-refractivity contribution in [1.29, 1.82) is 0 Å². The monoisotopic (exact) mass is 666 g/mol. The molecule has 2 aromatic carbocycles. The molecule has 0 aliphatic carbocycles. The highest BCUT2D eigenvalue weighted by atomic mass is 19.4. The first kappa shape index (κ1) is 38.0. The fourth-order valence-corrected chi connectivity index (χ4v) is 6.69. The zero-order valence-corrected chi connectivity index (χ0v) is 28.1. The van der Waals surface area contributed by atoms with E-state index in [1.807, 2.05) is 0 Å². The maximum atomic E-state index is 12.3. The average molecular weight is 667 g/mol. The van der Waals surface area contributed by atoms with Gasteiger partial charge in [-0.25, -0.2) is 0 Å². The largest absolute Gasteiger partial charge is 1.00 e. The lowest BCUT2D eigenvalue weighted by molar-refractivity contribution is -0.401. The maximum Gasteiger partial charge on any atom is 0.762 e. The first-order valence-corrected chi connectivity index (χ1v) is 16.0. The molecule has 0 aromatic heterocycles. The zero-order valence-electron chi connectivity index (χ0n) is 28.1. The average Bonchev–Trinajstić information content (AvgIpc) is 3.53. The van der Waals surface area contributed by atoms with Gasteiger partial charge in [-0.3, -0.25) is 32.2 Å². The number of carbonyl (C=O) groups excluding carboxylic acids is 3. The molecule has 0 unspecified atom stereocenters. The Hall–Kier alpha value is -4.48. The minimum atomic E-state index is -3.67. The fourth-order valence-electron chi connectivity index (χ4n) is 6.69. The molecule has 3 heterocycles. The van der Waals surface area contributed by atoms with Crippen molar-refractivity contribution in [1.82, 2.24) is 10.2 Å². The van der Waals surface area contributed by atoms with Crippen LogP contribution in [0.4, 0.5) is 24.3 Å². The summed E-state index contributed by atoms with van der Waals surface area (Å²) >= 11 is 0. The van der Waals surface area contributed by atoms with Crippen LogP contribution in [0.2, 0.25) is 0 Å². The van der Waals surface area contributed by atoms with E-state index in [1.54, 1.807) is 0 Å². The zero-order chi connectivity index (χ0) is 34.4. The van der Waals surface area contributed by atoms with Crippen LogP contribution in [0.3, 0.4) is 0 Å². The molecule has 3 aliphatic rings. The van der Waals surface area contributed by atoms with Gasteiger partial charge in [0.05, 0.1) is 5.41 Å². The smallest absolute Gasteiger partial charge is 0.762 e. The summed E-state index contributed by atoms with van der Waals surface area (Å²) < 4.78 is 31.3. The molecule has 0 fully saturated rings. The molecule has 0 radical (unpaired) electrons. The van der Waals surface area contributed by atoms with Gasteiger partial charge in [-0.2, -0.15) is 4.58 Å². The Bertz CT molecular complexity index is 1610. The van der Waals surface area contributed by atoms with Gasteiger partial charge in [-0.15, -0.1) is 0 Å². The summed E-state index contributed by atoms with van der Waals surface area (Å²) in [6.07, 6.45) is 12.4. The normalized spacial score (nSPS) is 17.8. The van der Waals surface area contributed by atoms with Crippen molar-refractivity contribution in [3.8, 4) is 0 Å². The van der Waals surface area contributed by atoms with Crippen LogP contribution in [0.15, 0.2) is 84.6 Å². The van der Waals surface area contributed by atoms with Crippen LogP contribution in [-0.2, 0) is 25.2 Å². The van der Waals surface area contributed by atoms with Gasteiger partial charge in [0.1, 0.15) is 7.05 Å². The molecular weight excluding hydrogens is 623 g/mol. The molecule has 1 N–H and O–H groups in total. The Balaban J connectivity index is 0.00000118. The number of nitrogens with one attached hydrogen (secondary N) is 1. The molecule has 0 saturated carbocycles. The number of anilines is 1. The molecule has 0 bridgehead atoms. The minimum absolute atomic E-state index is 0. The third-order valence-electron chi connectivity index (χ3n) is 9.09. The van der Waals surface area contributed by atoms with Gasteiger partial charge in [0.25, 0.3) is 11.8 Å². The SMILES string of the molecule is C[N+]1=C(C=CC=C2N(CCCCCC(=O)NCCN3C(=O)C=CC3=O)c3ccccc3C2(C)C)C(C)(C)c2ccccc21.FB(F)F.[F-]. The molecule has 3 amide bonds. The first-order valence-electron chi connectivity index (χ1n) is 16.0. The second-order valence-electron chi connectivity index (χ2n) is 12.9. The summed E-state index contributed by atoms with van der Waals surface area (Å²) in [6, 6.07) is 17.3. The number of imide groups is 1. The molecular formula is C36H43BF4N4O3. The van der Waals surface area contributed by atoms with Crippen molar-refractivity contribution < 1.29 is 36.6 Å². The highest BCUT2D eigenvalue weighted by Crippen LogP contribution is 2.47. The Morgan fingerprint density at radius 2 is 1.46 bits per heavy atom. The van der Waals surface area contributed by atoms with E-state index in [2.05, 4.69) is 116 Å². The summed E-state index contributed by atoms with van der Waals surface area (Å²) in [6.45, 7) is 10.5. The molecule has 256 valence electrons. The van der Waals surface area contributed by atoms with Crippen molar-refractivity contribution in [2.75, 3.05) is 31.6 Å². The summed E-state index contributed by atoms with van der Waals surface area (Å²) in [5.41, 5.74) is 7.56. The predicted molar refractivity (Wildman–Crippen MR) is 181 cm³/mol. The number of amides is 3. The Morgan fingerprint density at radius 3 is 2.10 bits per heavy atom. The van der Waals surface area contributed by atoms with E-state index in [1.165, 1.54) is 46.1 Å². The van der Waals surface area contributed by atoms with Gasteiger partial charge in [0.15, 0.2) is 5.71 Å². The lowest BCUT2D eigenvalue weighted by Gasteiger charge is -2.27. The van der Waals surface area contributed by atoms with Crippen molar-refractivity contribution >= 4 is 42.4 Å². The Labute approximate surface area is 280 Å². The van der Waals surface area contributed by atoms with E-state index < -0.39 is 7.54 Å². The standard InChI is InChI=1S/C36H42N4O3.BF3.FH/c1-35(2)26-14-8-10-16-28(26)38(5)30(35)18-13-19-31-36(3,4)27-15-9-11-17-29(27)39(31)24-12-6-7-20-32(41)37-23-25-40-33(42)21-22-34(40)43;2-1(3)4;/h8-11,13-19,21-22H,6-7,12,20,23-25H2,1-5H3;;1H. The van der Waals surface area contributed by atoms with E-state index >= 15 is 0 Å². The van der Waals surface area contributed by atoms with E-state index in [4.69, 9.17) is 0 Å². The molecule has 0 spiro atoms. The predicted octanol–water partition coefficient (Wildman–Crippen LogP) is 3.42. The van der Waals surface area contributed by atoms with Crippen molar-refractivity contribution in [3.63, 3.8) is 0 Å². The second-order valence-corrected chi connectivity index (χ2v) is 12.9. The van der Waals surface area contributed by atoms with Crippen LogP contribution in [-0.4, -0.2) is 67.1 Å². The quantitative estimate of drug-likeness (QED) is 0.131. The van der Waals surface area contributed by atoms with Gasteiger partial charge in [0, 0.05) is 72.7 Å². The van der Waals surface area contributed by atoms with Crippen LogP contribution in [0.5, 0.6) is 0 Å². The fraction of sp³-hybridized carbons (Fsp3) is 0.389. The number of halogens is 4. The first-order chi connectivity index (χ1) is 22.3. The Kier molecular flexibility index (Phi) is 12.7. The van der Waals surface area contributed by atoms with Gasteiger partial charge in [-0.05, 0) is 44.4 Å². The summed E-state index contributed by atoms with van der Waals surface area (Å²) in [4.78, 5) is 39.2. The number of allylic oxidation sites excluding steroid dienone is 4. The highest BCUT2D eigenvalue weighted by molar-refractivity contribution is 6.33. The van der Waals surface area contributed by atoms with E-state index in [9.17, 15) is 27.3 Å². The van der Waals surface area contributed by atoms with Gasteiger partial charge in [0.2, 0.25) is 11.6 Å². The van der Waals surface area contributed by atoms with Crippen molar-refractivity contribution in [2.45, 2.75) is 64.2 Å². The molecule has 3 aliphatic heterocycles. The van der Waals surface area contributed by atoms with Crippen LogP contribution < -0.4 is 14.9 Å². The summed E-state index contributed by atoms with van der Waals surface area (Å²) in [5.74, 6) is -0.701. The molecule has 48 heavy (non-hydrogen) atoms. The van der Waals surface area contributed by atoms with Gasteiger partial charge in [-0.1, -0.05) is 62.7 Å². The topological polar surface area (TPSA) is 72.7 Å². The van der Waals surface area contributed by atoms with Gasteiger partial charge < -0.3 is 14.9 Å². The van der Waals surface area contributed by atoms with Crippen molar-refractivity contribution in [2.24, 2.45) is 0 Å². The van der Waals surface area contributed by atoms with Crippen LogP contribution in [0.25, 0.3) is 0 Å². The van der Waals surface area contributed by atoms with E-state index in [0.717, 1.165) is 30.7 Å². The molecule has 2 aromatic rings. The van der Waals surface area contributed by atoms with Crippen molar-refractivity contribution in [3.05, 3.63) is 95.7 Å². The number of benzene rings is 2.